The third-order valence-electron chi connectivity index (χ3n) is 8.24. The second kappa shape index (κ2) is 17.2. The first-order chi connectivity index (χ1) is 24.1. The number of furan rings is 1. The summed E-state index contributed by atoms with van der Waals surface area (Å²) in [7, 11) is -2.19. The lowest BCUT2D eigenvalue weighted by Gasteiger charge is -2.25. The molecule has 11 nitrogen and oxygen atoms in total. The lowest BCUT2D eigenvalue weighted by atomic mass is 10.0. The number of benzene rings is 3. The number of halogens is 1. The molecule has 1 aliphatic carbocycles. The van der Waals surface area contributed by atoms with E-state index >= 15 is 0 Å². The van der Waals surface area contributed by atoms with Crippen LogP contribution in [0.2, 0.25) is 0 Å². The number of anilines is 1. The molecule has 50 heavy (non-hydrogen) atoms. The summed E-state index contributed by atoms with van der Waals surface area (Å²) in [5.74, 6) is -0.340. The van der Waals surface area contributed by atoms with Crippen LogP contribution in [0, 0.1) is 5.82 Å². The van der Waals surface area contributed by atoms with E-state index in [1.807, 2.05) is 24.3 Å². The van der Waals surface area contributed by atoms with Gasteiger partial charge in [0.05, 0.1) is 76.9 Å². The van der Waals surface area contributed by atoms with Gasteiger partial charge in [-0.2, -0.15) is 0 Å². The SMILES string of the molecule is CNC(=O)c1c(-c2ccc(F)cc2)oc2cc(N(CCOCCOCCOCCOCc3cccc(C(C)=O)c3)S(C)(=O)=O)c(C3CC3)cc12. The van der Waals surface area contributed by atoms with E-state index in [0.717, 1.165) is 30.2 Å². The van der Waals surface area contributed by atoms with Gasteiger partial charge in [-0.25, -0.2) is 12.8 Å². The fourth-order valence-electron chi connectivity index (χ4n) is 5.58. The molecule has 1 fully saturated rings. The Kier molecular flexibility index (Phi) is 12.8. The van der Waals surface area contributed by atoms with Crippen molar-refractivity contribution in [3.63, 3.8) is 0 Å². The zero-order valence-electron chi connectivity index (χ0n) is 28.5. The largest absolute Gasteiger partial charge is 0.455 e. The second-order valence-electron chi connectivity index (χ2n) is 12.1. The molecule has 1 saturated carbocycles. The minimum atomic E-state index is -3.71. The van der Waals surface area contributed by atoms with E-state index in [9.17, 15) is 22.4 Å². The minimum absolute atomic E-state index is 0.0152. The lowest BCUT2D eigenvalue weighted by molar-refractivity contribution is -0.00330. The normalized spacial score (nSPS) is 13.1. The van der Waals surface area contributed by atoms with Crippen molar-refractivity contribution in [2.75, 3.05) is 70.4 Å². The molecule has 1 N–H and O–H groups in total. The van der Waals surface area contributed by atoms with E-state index in [2.05, 4.69) is 5.32 Å². The summed E-state index contributed by atoms with van der Waals surface area (Å²) in [6.45, 7) is 4.26. The van der Waals surface area contributed by atoms with Crippen molar-refractivity contribution >= 4 is 38.4 Å². The highest BCUT2D eigenvalue weighted by molar-refractivity contribution is 7.92. The molecule has 1 aliphatic rings. The highest BCUT2D eigenvalue weighted by Crippen LogP contribution is 2.48. The molecule has 4 aromatic rings. The summed E-state index contributed by atoms with van der Waals surface area (Å²) in [5.41, 5.74) is 4.06. The smallest absolute Gasteiger partial charge is 0.255 e. The molecule has 1 amide bonds. The molecule has 1 aromatic heterocycles. The Hall–Kier alpha value is -4.14. The molecule has 5 rings (SSSR count). The summed E-state index contributed by atoms with van der Waals surface area (Å²) in [4.78, 5) is 24.5. The number of carbonyl (C=O) groups excluding carboxylic acids is 2. The Labute approximate surface area is 291 Å². The Morgan fingerprint density at radius 1 is 0.900 bits per heavy atom. The van der Waals surface area contributed by atoms with Crippen molar-refractivity contribution in [1.82, 2.24) is 5.32 Å². The third kappa shape index (κ3) is 9.76. The lowest BCUT2D eigenvalue weighted by Crippen LogP contribution is -2.34. The van der Waals surface area contributed by atoms with Crippen LogP contribution in [0.1, 0.15) is 57.5 Å². The van der Waals surface area contributed by atoms with Crippen LogP contribution < -0.4 is 9.62 Å². The maximum absolute atomic E-state index is 13.7. The van der Waals surface area contributed by atoms with Crippen molar-refractivity contribution in [2.24, 2.45) is 0 Å². The van der Waals surface area contributed by atoms with E-state index in [1.54, 1.807) is 12.1 Å². The molecule has 0 spiro atoms. The molecule has 13 heteroatoms. The number of carbonyl (C=O) groups is 2. The predicted molar refractivity (Wildman–Crippen MR) is 188 cm³/mol. The van der Waals surface area contributed by atoms with E-state index in [1.165, 1.54) is 42.5 Å². The zero-order valence-corrected chi connectivity index (χ0v) is 29.4. The van der Waals surface area contributed by atoms with E-state index in [-0.39, 0.29) is 43.1 Å². The van der Waals surface area contributed by atoms with Crippen LogP contribution in [-0.4, -0.2) is 86.2 Å². The van der Waals surface area contributed by atoms with Crippen molar-refractivity contribution < 1.29 is 45.8 Å². The quantitative estimate of drug-likeness (QED) is 0.0905. The zero-order chi connectivity index (χ0) is 35.7. The molecule has 0 unspecified atom stereocenters. The Morgan fingerprint density at radius 3 is 2.14 bits per heavy atom. The predicted octanol–water partition coefficient (Wildman–Crippen LogP) is 5.71. The molecule has 0 bridgehead atoms. The Bertz CT molecular complexity index is 1890. The molecule has 0 saturated heterocycles. The van der Waals surface area contributed by atoms with Gasteiger partial charge in [-0.1, -0.05) is 18.2 Å². The number of ketones is 1. The summed E-state index contributed by atoms with van der Waals surface area (Å²) >= 11 is 0. The minimum Gasteiger partial charge on any atom is -0.455 e. The van der Waals surface area contributed by atoms with Gasteiger partial charge in [-0.3, -0.25) is 13.9 Å². The summed E-state index contributed by atoms with van der Waals surface area (Å²) in [6.07, 6.45) is 2.95. The number of Topliss-reactive ketones (excluding diaryl/α,β-unsaturated/α-hetero) is 1. The standard InChI is InChI=1S/C37H43FN2O9S/c1-25(41)29-6-4-5-26(21-29)24-48-20-19-47-18-17-46-16-15-45-14-13-40(50(3,43)44)33-23-34-32(22-31(33)27-7-8-27)35(37(42)39-2)36(49-34)28-9-11-30(38)12-10-28/h4-6,9-12,21-23,27H,7-8,13-20,24H2,1-3H3,(H,39,42). The number of hydrogen-bond donors (Lipinski definition) is 1. The van der Waals surface area contributed by atoms with Gasteiger partial charge >= 0.3 is 0 Å². The van der Waals surface area contributed by atoms with Crippen molar-refractivity contribution in [3.05, 3.63) is 88.7 Å². The van der Waals surface area contributed by atoms with Gasteiger partial charge in [-0.05, 0) is 73.2 Å². The summed E-state index contributed by atoms with van der Waals surface area (Å²) < 4.78 is 69.7. The fraction of sp³-hybridized carbons (Fsp3) is 0.405. The highest BCUT2D eigenvalue weighted by Gasteiger charge is 2.33. The van der Waals surface area contributed by atoms with Gasteiger partial charge in [0.25, 0.3) is 5.91 Å². The summed E-state index contributed by atoms with van der Waals surface area (Å²) in [5, 5.41) is 3.22. The molecule has 0 aliphatic heterocycles. The first-order valence-corrected chi connectivity index (χ1v) is 18.4. The number of sulfonamides is 1. The molecular weight excluding hydrogens is 667 g/mol. The van der Waals surface area contributed by atoms with Crippen LogP contribution in [-0.2, 0) is 35.6 Å². The first kappa shape index (κ1) is 37.1. The van der Waals surface area contributed by atoms with Gasteiger partial charge in [-0.15, -0.1) is 0 Å². The Balaban J connectivity index is 1.11. The monoisotopic (exact) mass is 710 g/mol. The molecule has 1 heterocycles. The van der Waals surface area contributed by atoms with Crippen molar-refractivity contribution in [1.29, 1.82) is 0 Å². The number of nitrogens with zero attached hydrogens (tertiary/aromatic N) is 1. The van der Waals surface area contributed by atoms with Crippen LogP contribution in [0.3, 0.4) is 0 Å². The van der Waals surface area contributed by atoms with E-state index in [0.29, 0.717) is 73.0 Å². The van der Waals surface area contributed by atoms with Crippen LogP contribution in [0.25, 0.3) is 22.3 Å². The number of rotatable bonds is 20. The molecule has 0 radical (unpaired) electrons. The average molecular weight is 711 g/mol. The number of nitrogens with one attached hydrogen (secondary N) is 1. The topological polar surface area (TPSA) is 134 Å². The van der Waals surface area contributed by atoms with Crippen molar-refractivity contribution in [3.8, 4) is 11.3 Å². The number of hydrogen-bond acceptors (Lipinski definition) is 9. The van der Waals surface area contributed by atoms with Gasteiger partial charge in [0, 0.05) is 29.6 Å². The maximum Gasteiger partial charge on any atom is 0.255 e. The molecule has 268 valence electrons. The van der Waals surface area contributed by atoms with Gasteiger partial charge in [0.2, 0.25) is 10.0 Å². The van der Waals surface area contributed by atoms with Crippen LogP contribution in [0.4, 0.5) is 10.1 Å². The van der Waals surface area contributed by atoms with Crippen LogP contribution >= 0.6 is 0 Å². The number of amides is 1. The number of ether oxygens (including phenoxy) is 4. The van der Waals surface area contributed by atoms with Gasteiger partial charge in [0.15, 0.2) is 5.78 Å². The Morgan fingerprint density at radius 2 is 1.54 bits per heavy atom. The second-order valence-corrected chi connectivity index (χ2v) is 14.0. The average Bonchev–Trinajstić information content (AvgIpc) is 3.87. The van der Waals surface area contributed by atoms with Crippen LogP contribution in [0.15, 0.2) is 65.1 Å². The molecule has 3 aromatic carbocycles. The third-order valence-corrected chi connectivity index (χ3v) is 9.42. The first-order valence-electron chi connectivity index (χ1n) is 16.5. The summed E-state index contributed by atoms with van der Waals surface area (Å²) in [6, 6.07) is 16.5. The van der Waals surface area contributed by atoms with Gasteiger partial charge in [0.1, 0.15) is 17.2 Å². The maximum atomic E-state index is 13.7. The van der Waals surface area contributed by atoms with Gasteiger partial charge < -0.3 is 28.7 Å². The fourth-order valence-corrected chi connectivity index (χ4v) is 6.51. The molecule has 0 atom stereocenters. The van der Waals surface area contributed by atoms with E-state index in [4.69, 9.17) is 23.4 Å². The number of fused-ring (bicyclic) bond motifs is 1. The highest BCUT2D eigenvalue weighted by atomic mass is 32.2. The van der Waals surface area contributed by atoms with Crippen LogP contribution in [0.5, 0.6) is 0 Å². The van der Waals surface area contributed by atoms with Crippen molar-refractivity contribution in [2.45, 2.75) is 32.3 Å². The molecular formula is C37H43FN2O9S. The van der Waals surface area contributed by atoms with E-state index < -0.39 is 15.8 Å².